The summed E-state index contributed by atoms with van der Waals surface area (Å²) in [7, 11) is -4.64. The molecule has 0 bridgehead atoms. The molecule has 3 rings (SSSR count). The number of nitrogens with one attached hydrogen (secondary N) is 2. The fourth-order valence-corrected chi connectivity index (χ4v) is 3.52. The van der Waals surface area contributed by atoms with E-state index in [1.54, 1.807) is 12.1 Å². The van der Waals surface area contributed by atoms with E-state index in [0.717, 1.165) is 6.07 Å². The molecule has 1 amide bonds. The van der Waals surface area contributed by atoms with E-state index in [2.05, 4.69) is 4.98 Å². The van der Waals surface area contributed by atoms with Crippen LogP contribution in [0.4, 0.5) is 0 Å². The van der Waals surface area contributed by atoms with Gasteiger partial charge >= 0.3 is 0 Å². The summed E-state index contributed by atoms with van der Waals surface area (Å²) in [5, 5.41) is 0.674. The third-order valence-electron chi connectivity index (χ3n) is 3.76. The summed E-state index contributed by atoms with van der Waals surface area (Å²) < 4.78 is 32.5. The number of nitrogens with two attached hydrogens (primary N) is 1. The molecule has 1 aromatic heterocycles. The number of aromatic amines is 1. The van der Waals surface area contributed by atoms with Crippen molar-refractivity contribution in [3.63, 3.8) is 0 Å². The molecule has 0 unspecified atom stereocenters. The second-order valence-corrected chi connectivity index (χ2v) is 7.17. The monoisotopic (exact) mass is 393 g/mol. The van der Waals surface area contributed by atoms with Crippen LogP contribution in [0.3, 0.4) is 0 Å². The fraction of sp³-hybridized carbons (Fsp3) is 0. The van der Waals surface area contributed by atoms with Crippen molar-refractivity contribution in [2.45, 2.75) is 4.90 Å². The summed E-state index contributed by atoms with van der Waals surface area (Å²) in [4.78, 5) is 27.4. The smallest absolute Gasteiger partial charge is 0.295 e. The predicted octanol–water partition coefficient (Wildman–Crippen LogP) is 1.90. The minimum atomic E-state index is -4.64. The lowest BCUT2D eigenvalue weighted by atomic mass is 10.0. The lowest BCUT2D eigenvalue weighted by molar-refractivity contribution is 0.0943. The fourth-order valence-electron chi connectivity index (χ4n) is 2.66. The average Bonchev–Trinajstić information content (AvgIpc) is 2.98. The second kappa shape index (κ2) is 6.54. The van der Waals surface area contributed by atoms with Crippen molar-refractivity contribution in [1.29, 1.82) is 0 Å². The van der Waals surface area contributed by atoms with Crippen molar-refractivity contribution >= 4 is 44.3 Å². The number of hydrogen-bond acceptors (Lipinski definition) is 5. The van der Waals surface area contributed by atoms with E-state index < -0.39 is 26.7 Å². The number of carbonyl (C=O) groups is 2. The Balaban J connectivity index is 2.30. The Kier molecular flexibility index (Phi) is 4.55. The van der Waals surface area contributed by atoms with Crippen LogP contribution < -0.4 is 11.3 Å². The molecule has 2 aromatic carbocycles. The first kappa shape index (κ1) is 18.1. The predicted molar refractivity (Wildman–Crippen MR) is 94.7 cm³/mol. The minimum absolute atomic E-state index is 0.0832. The van der Waals surface area contributed by atoms with Crippen LogP contribution in [0.15, 0.2) is 47.4 Å². The molecule has 10 heteroatoms. The molecule has 0 saturated heterocycles. The van der Waals surface area contributed by atoms with Gasteiger partial charge in [-0.15, -0.1) is 0 Å². The van der Waals surface area contributed by atoms with E-state index >= 15 is 0 Å². The molecule has 26 heavy (non-hydrogen) atoms. The first-order valence-corrected chi connectivity index (χ1v) is 8.99. The zero-order valence-electron chi connectivity index (χ0n) is 13.0. The lowest BCUT2D eigenvalue weighted by Crippen LogP contribution is -2.31. The van der Waals surface area contributed by atoms with E-state index in [1.165, 1.54) is 24.3 Å². The van der Waals surface area contributed by atoms with Crippen molar-refractivity contribution in [2.75, 3.05) is 0 Å². The molecular weight excluding hydrogens is 382 g/mol. The van der Waals surface area contributed by atoms with Crippen LogP contribution in [0.5, 0.6) is 0 Å². The first-order valence-electron chi connectivity index (χ1n) is 7.17. The van der Waals surface area contributed by atoms with Crippen LogP contribution in [-0.4, -0.2) is 29.6 Å². The van der Waals surface area contributed by atoms with Gasteiger partial charge in [-0.05, 0) is 30.3 Å². The molecule has 0 atom stereocenters. The number of rotatable bonds is 4. The van der Waals surface area contributed by atoms with Crippen molar-refractivity contribution < 1.29 is 22.6 Å². The van der Waals surface area contributed by atoms with Gasteiger partial charge in [0.15, 0.2) is 0 Å². The number of carbonyl (C=O) groups excluding carboxylic acids is 2. The van der Waals surface area contributed by atoms with Crippen LogP contribution in [0.1, 0.15) is 26.4 Å². The second-order valence-electron chi connectivity index (χ2n) is 5.34. The highest BCUT2D eigenvalue weighted by atomic mass is 35.5. The van der Waals surface area contributed by atoms with Gasteiger partial charge in [0.05, 0.1) is 5.56 Å². The normalized spacial score (nSPS) is 11.5. The first-order chi connectivity index (χ1) is 12.2. The van der Waals surface area contributed by atoms with Gasteiger partial charge in [0.2, 0.25) is 5.78 Å². The highest BCUT2D eigenvalue weighted by Crippen LogP contribution is 2.28. The number of hydrazine groups is 1. The summed E-state index contributed by atoms with van der Waals surface area (Å²) in [6, 6.07) is 9.71. The summed E-state index contributed by atoms with van der Waals surface area (Å²) in [6.07, 6.45) is 0. The highest BCUT2D eigenvalue weighted by Gasteiger charge is 2.27. The summed E-state index contributed by atoms with van der Waals surface area (Å²) in [5.74, 6) is 3.65. The molecule has 0 radical (unpaired) electrons. The Bertz CT molecular complexity index is 1150. The number of fused-ring (bicyclic) bond motifs is 1. The van der Waals surface area contributed by atoms with Gasteiger partial charge in [-0.3, -0.25) is 19.6 Å². The standard InChI is InChI=1S/C16H12ClN3O5S/c17-8-5-6-11-10(7-8)13(16(22)20-18)14(19-11)15(21)9-3-1-2-4-12(9)26(23,24)25/h1-7,19H,18H2,(H,20,22)(H,23,24,25). The minimum Gasteiger partial charge on any atom is -0.351 e. The molecule has 134 valence electrons. The Labute approximate surface area is 152 Å². The van der Waals surface area contributed by atoms with Gasteiger partial charge in [0, 0.05) is 21.5 Å². The SMILES string of the molecule is NNC(=O)c1c(C(=O)c2ccccc2S(=O)(=O)O)[nH]c2ccc(Cl)cc12. The van der Waals surface area contributed by atoms with Crippen molar-refractivity contribution in [1.82, 2.24) is 10.4 Å². The van der Waals surface area contributed by atoms with Gasteiger partial charge < -0.3 is 4.98 Å². The number of ketones is 1. The molecule has 0 aliphatic carbocycles. The molecule has 3 aromatic rings. The van der Waals surface area contributed by atoms with Gasteiger partial charge in [0.25, 0.3) is 16.0 Å². The number of halogens is 1. The maximum atomic E-state index is 12.9. The maximum absolute atomic E-state index is 12.9. The van der Waals surface area contributed by atoms with Crippen LogP contribution in [0.25, 0.3) is 10.9 Å². The Morgan fingerprint density at radius 1 is 1.15 bits per heavy atom. The van der Waals surface area contributed by atoms with Gasteiger partial charge in [-0.2, -0.15) is 8.42 Å². The number of amides is 1. The molecular formula is C16H12ClN3O5S. The number of hydrogen-bond donors (Lipinski definition) is 4. The van der Waals surface area contributed by atoms with E-state index in [1.807, 2.05) is 5.43 Å². The van der Waals surface area contributed by atoms with Crippen LogP contribution in [0.2, 0.25) is 5.02 Å². The van der Waals surface area contributed by atoms with Gasteiger partial charge in [-0.25, -0.2) is 5.84 Å². The topological polar surface area (TPSA) is 142 Å². The third kappa shape index (κ3) is 3.08. The van der Waals surface area contributed by atoms with Crippen molar-refractivity contribution in [2.24, 2.45) is 5.84 Å². The van der Waals surface area contributed by atoms with E-state index in [4.69, 9.17) is 17.4 Å². The number of H-pyrrole nitrogens is 1. The lowest BCUT2D eigenvalue weighted by Gasteiger charge is -2.07. The quantitative estimate of drug-likeness (QED) is 0.175. The summed E-state index contributed by atoms with van der Waals surface area (Å²) >= 11 is 5.96. The Morgan fingerprint density at radius 2 is 1.85 bits per heavy atom. The van der Waals surface area contributed by atoms with Gasteiger partial charge in [0.1, 0.15) is 10.6 Å². The van der Waals surface area contributed by atoms with Crippen LogP contribution >= 0.6 is 11.6 Å². The zero-order chi connectivity index (χ0) is 19.1. The number of nitrogen functional groups attached to an aromatic ring is 1. The molecule has 0 fully saturated rings. The summed E-state index contributed by atoms with van der Waals surface area (Å²) in [6.45, 7) is 0. The molecule has 1 heterocycles. The molecule has 0 spiro atoms. The molecule has 8 nitrogen and oxygen atoms in total. The third-order valence-corrected chi connectivity index (χ3v) is 4.90. The largest absolute Gasteiger partial charge is 0.351 e. The zero-order valence-corrected chi connectivity index (χ0v) is 14.6. The molecule has 0 aliphatic rings. The molecule has 0 saturated carbocycles. The Morgan fingerprint density at radius 3 is 2.50 bits per heavy atom. The maximum Gasteiger partial charge on any atom is 0.295 e. The van der Waals surface area contributed by atoms with Crippen molar-refractivity contribution in [3.05, 3.63) is 64.3 Å². The Hall–Kier alpha value is -2.72. The highest BCUT2D eigenvalue weighted by molar-refractivity contribution is 7.86. The van der Waals surface area contributed by atoms with Crippen molar-refractivity contribution in [3.8, 4) is 0 Å². The molecule has 5 N–H and O–H groups in total. The summed E-state index contributed by atoms with van der Waals surface area (Å²) in [5.41, 5.74) is 1.82. The number of benzene rings is 2. The van der Waals surface area contributed by atoms with Crippen LogP contribution in [-0.2, 0) is 10.1 Å². The van der Waals surface area contributed by atoms with E-state index in [0.29, 0.717) is 15.9 Å². The van der Waals surface area contributed by atoms with E-state index in [9.17, 15) is 22.6 Å². The van der Waals surface area contributed by atoms with Gasteiger partial charge in [-0.1, -0.05) is 23.7 Å². The number of aromatic nitrogens is 1. The average molecular weight is 394 g/mol. The van der Waals surface area contributed by atoms with E-state index in [-0.39, 0.29) is 16.8 Å². The molecule has 0 aliphatic heterocycles. The van der Waals surface area contributed by atoms with Crippen LogP contribution in [0, 0.1) is 0 Å².